The lowest BCUT2D eigenvalue weighted by Crippen LogP contribution is -2.49. The number of halogens is 2. The third-order valence-electron chi connectivity index (χ3n) is 7.62. The zero-order chi connectivity index (χ0) is 27.6. The van der Waals surface area contributed by atoms with Crippen LogP contribution >= 0.6 is 23.2 Å². The highest BCUT2D eigenvalue weighted by Gasteiger charge is 2.45. The van der Waals surface area contributed by atoms with Gasteiger partial charge < -0.3 is 14.2 Å². The van der Waals surface area contributed by atoms with Crippen LogP contribution in [0.1, 0.15) is 41.3 Å². The molecule has 0 unspecified atom stereocenters. The molecule has 1 amide bonds. The minimum Gasteiger partial charge on any atom is -0.465 e. The van der Waals surface area contributed by atoms with E-state index in [1.807, 2.05) is 108 Å². The van der Waals surface area contributed by atoms with Gasteiger partial charge in [-0.05, 0) is 67.6 Å². The van der Waals surface area contributed by atoms with Gasteiger partial charge in [0.25, 0.3) is 5.91 Å². The lowest BCUT2D eigenvalue weighted by atomic mass is 9.72. The second kappa shape index (κ2) is 11.3. The van der Waals surface area contributed by atoms with Crippen molar-refractivity contribution in [1.82, 2.24) is 9.47 Å². The summed E-state index contributed by atoms with van der Waals surface area (Å²) in [5, 5.41) is 1.22. The van der Waals surface area contributed by atoms with Crippen molar-refractivity contribution < 1.29 is 14.3 Å². The van der Waals surface area contributed by atoms with Gasteiger partial charge in [-0.3, -0.25) is 9.59 Å². The molecule has 0 N–H and O–H groups in total. The highest BCUT2D eigenvalue weighted by molar-refractivity contribution is 6.32. The highest BCUT2D eigenvalue weighted by Crippen LogP contribution is 2.39. The number of carbonyl (C=O) groups excluding carboxylic acids is 2. The van der Waals surface area contributed by atoms with Gasteiger partial charge in [0, 0.05) is 24.3 Å². The maximum Gasteiger partial charge on any atom is 0.316 e. The van der Waals surface area contributed by atoms with E-state index in [0.29, 0.717) is 48.1 Å². The molecule has 1 aliphatic rings. The van der Waals surface area contributed by atoms with Crippen LogP contribution in [-0.2, 0) is 14.9 Å². The molecule has 1 aromatic heterocycles. The summed E-state index contributed by atoms with van der Waals surface area (Å²) in [6.45, 7) is 4.98. The molecule has 0 aliphatic carbocycles. The minimum atomic E-state index is -0.763. The fourth-order valence-corrected chi connectivity index (χ4v) is 5.87. The molecule has 0 saturated carbocycles. The van der Waals surface area contributed by atoms with E-state index in [1.54, 1.807) is 0 Å². The fraction of sp³-hybridized carbons (Fsp3) is 0.250. The fourth-order valence-electron chi connectivity index (χ4n) is 5.51. The maximum atomic E-state index is 14.0. The van der Waals surface area contributed by atoms with Crippen molar-refractivity contribution in [3.63, 3.8) is 0 Å². The third kappa shape index (κ3) is 5.09. The van der Waals surface area contributed by atoms with Crippen LogP contribution < -0.4 is 0 Å². The molecule has 4 aromatic rings. The molecule has 5 rings (SSSR count). The first-order valence-electron chi connectivity index (χ1n) is 13.1. The summed E-state index contributed by atoms with van der Waals surface area (Å²) in [5.41, 5.74) is 4.22. The molecule has 7 heteroatoms. The van der Waals surface area contributed by atoms with Gasteiger partial charge in [-0.2, -0.15) is 0 Å². The number of amides is 1. The Hall–Kier alpha value is -3.54. The van der Waals surface area contributed by atoms with Gasteiger partial charge >= 0.3 is 5.97 Å². The van der Waals surface area contributed by atoms with Gasteiger partial charge in [0.2, 0.25) is 0 Å². The van der Waals surface area contributed by atoms with Crippen molar-refractivity contribution in [3.8, 4) is 16.9 Å². The molecule has 2 heterocycles. The number of hydrogen-bond acceptors (Lipinski definition) is 3. The largest absolute Gasteiger partial charge is 0.465 e. The molecule has 0 radical (unpaired) electrons. The van der Waals surface area contributed by atoms with E-state index in [9.17, 15) is 9.59 Å². The van der Waals surface area contributed by atoms with Crippen molar-refractivity contribution in [1.29, 1.82) is 0 Å². The average Bonchev–Trinajstić information content (AvgIpc) is 3.30. The molecule has 0 spiro atoms. The van der Waals surface area contributed by atoms with Crippen molar-refractivity contribution in [3.05, 3.63) is 112 Å². The van der Waals surface area contributed by atoms with Gasteiger partial charge in [-0.15, -0.1) is 0 Å². The van der Waals surface area contributed by atoms with Gasteiger partial charge in [-0.1, -0.05) is 77.8 Å². The lowest BCUT2D eigenvalue weighted by molar-refractivity contribution is -0.152. The van der Waals surface area contributed by atoms with Gasteiger partial charge in [0.05, 0.1) is 34.0 Å². The number of carbonyl (C=O) groups is 2. The number of likely N-dealkylation sites (tertiary alicyclic amines) is 1. The van der Waals surface area contributed by atoms with Gasteiger partial charge in [0.1, 0.15) is 0 Å². The number of para-hydroxylation sites is 1. The van der Waals surface area contributed by atoms with Crippen LogP contribution in [0.4, 0.5) is 0 Å². The van der Waals surface area contributed by atoms with Crippen LogP contribution in [0.2, 0.25) is 10.0 Å². The molecule has 0 bridgehead atoms. The topological polar surface area (TPSA) is 51.5 Å². The van der Waals surface area contributed by atoms with E-state index >= 15 is 0 Å². The number of benzene rings is 3. The normalized spacial score (nSPS) is 14.7. The maximum absolute atomic E-state index is 14.0. The number of hydrogen-bond donors (Lipinski definition) is 0. The molecular weight excluding hydrogens is 531 g/mol. The number of ether oxygens (including phenoxy) is 1. The first-order valence-corrected chi connectivity index (χ1v) is 13.9. The van der Waals surface area contributed by atoms with Crippen LogP contribution in [0, 0.1) is 6.92 Å². The van der Waals surface area contributed by atoms with E-state index in [2.05, 4.69) is 0 Å². The summed E-state index contributed by atoms with van der Waals surface area (Å²) < 4.78 is 7.48. The Morgan fingerprint density at radius 1 is 0.897 bits per heavy atom. The van der Waals surface area contributed by atoms with E-state index < -0.39 is 5.41 Å². The summed E-state index contributed by atoms with van der Waals surface area (Å²) in [6, 6.07) is 24.9. The van der Waals surface area contributed by atoms with Crippen molar-refractivity contribution in [2.45, 2.75) is 32.1 Å². The van der Waals surface area contributed by atoms with E-state index in [1.165, 1.54) is 0 Å². The average molecular weight is 562 g/mol. The van der Waals surface area contributed by atoms with E-state index in [-0.39, 0.29) is 11.9 Å². The highest BCUT2D eigenvalue weighted by atomic mass is 35.5. The predicted molar refractivity (Wildman–Crippen MR) is 156 cm³/mol. The minimum absolute atomic E-state index is 0.0703. The van der Waals surface area contributed by atoms with Crippen LogP contribution in [-0.4, -0.2) is 41.0 Å². The Morgan fingerprint density at radius 2 is 1.54 bits per heavy atom. The number of rotatable bonds is 6. The Balaban J connectivity index is 1.50. The quantitative estimate of drug-likeness (QED) is 0.229. The second-order valence-electron chi connectivity index (χ2n) is 9.81. The monoisotopic (exact) mass is 560 g/mol. The molecule has 1 aliphatic heterocycles. The number of piperidine rings is 1. The van der Waals surface area contributed by atoms with Crippen molar-refractivity contribution in [2.24, 2.45) is 0 Å². The number of aromatic nitrogens is 1. The van der Waals surface area contributed by atoms with Crippen LogP contribution in [0.5, 0.6) is 0 Å². The molecule has 5 nitrogen and oxygen atoms in total. The first kappa shape index (κ1) is 27.0. The zero-order valence-electron chi connectivity index (χ0n) is 22.0. The molecule has 39 heavy (non-hydrogen) atoms. The Kier molecular flexibility index (Phi) is 7.83. The lowest BCUT2D eigenvalue weighted by Gasteiger charge is -2.40. The summed E-state index contributed by atoms with van der Waals surface area (Å²) in [4.78, 5) is 29.0. The second-order valence-corrected chi connectivity index (χ2v) is 10.6. The van der Waals surface area contributed by atoms with Crippen molar-refractivity contribution >= 4 is 35.1 Å². The summed E-state index contributed by atoms with van der Waals surface area (Å²) in [6.07, 6.45) is 2.86. The first-order chi connectivity index (χ1) is 18.9. The Morgan fingerprint density at radius 3 is 2.18 bits per heavy atom. The predicted octanol–water partition coefficient (Wildman–Crippen LogP) is 7.50. The summed E-state index contributed by atoms with van der Waals surface area (Å²) in [5.74, 6) is -0.298. The summed E-state index contributed by atoms with van der Waals surface area (Å²) >= 11 is 12.8. The molecule has 200 valence electrons. The third-order valence-corrected chi connectivity index (χ3v) is 8.19. The summed E-state index contributed by atoms with van der Waals surface area (Å²) in [7, 11) is 0. The van der Waals surface area contributed by atoms with Crippen LogP contribution in [0.15, 0.2) is 85.1 Å². The molecule has 3 aromatic carbocycles. The SMILES string of the molecule is CCOC(=O)C1(c2ccccc2)CCN(C(=O)c2cn(-c3ccccc3Cl)c(-c3ccc(Cl)cc3)c2C)CC1. The molecule has 0 atom stereocenters. The Bertz CT molecular complexity index is 1490. The standard InChI is InChI=1S/C32H30Cl2N2O3/c1-3-39-31(38)32(24-9-5-4-6-10-24)17-19-35(20-18-32)30(37)26-21-36(28-12-8-7-11-27(28)34)29(22(26)2)23-13-15-25(33)16-14-23/h4-16,21H,3,17-20H2,1-2H3. The molecule has 1 fully saturated rings. The molecule has 1 saturated heterocycles. The van der Waals surface area contributed by atoms with Crippen LogP contribution in [0.25, 0.3) is 16.9 Å². The van der Waals surface area contributed by atoms with Gasteiger partial charge in [-0.25, -0.2) is 0 Å². The van der Waals surface area contributed by atoms with Crippen molar-refractivity contribution in [2.75, 3.05) is 19.7 Å². The number of esters is 1. The smallest absolute Gasteiger partial charge is 0.316 e. The van der Waals surface area contributed by atoms with Gasteiger partial charge in [0.15, 0.2) is 0 Å². The van der Waals surface area contributed by atoms with E-state index in [4.69, 9.17) is 27.9 Å². The Labute approximate surface area is 238 Å². The number of nitrogens with zero attached hydrogens (tertiary/aromatic N) is 2. The van der Waals surface area contributed by atoms with Crippen LogP contribution in [0.3, 0.4) is 0 Å². The van der Waals surface area contributed by atoms with E-state index in [0.717, 1.165) is 28.1 Å². The zero-order valence-corrected chi connectivity index (χ0v) is 23.5. The molecular formula is C32H30Cl2N2O3.